The maximum atomic E-state index is 5.72. The van der Waals surface area contributed by atoms with Crippen LogP contribution in [0.4, 0.5) is 0 Å². The van der Waals surface area contributed by atoms with E-state index < -0.39 is 0 Å². The molecule has 1 rings (SSSR count). The summed E-state index contributed by atoms with van der Waals surface area (Å²) < 4.78 is 10.9. The van der Waals surface area contributed by atoms with Gasteiger partial charge in [0.2, 0.25) is 0 Å². The van der Waals surface area contributed by atoms with Crippen LogP contribution < -0.4 is 20.1 Å². The highest BCUT2D eigenvalue weighted by Gasteiger charge is 2.00. The molecule has 0 unspecified atom stereocenters. The van der Waals surface area contributed by atoms with Crippen LogP contribution in [-0.4, -0.2) is 63.8 Å². The number of ether oxygens (including phenoxy) is 2. The molecule has 0 radical (unpaired) electrons. The van der Waals surface area contributed by atoms with Crippen molar-refractivity contribution < 1.29 is 9.47 Å². The molecule has 0 aliphatic heterocycles. The lowest BCUT2D eigenvalue weighted by molar-refractivity contribution is 0.297. The minimum atomic E-state index is 0. The van der Waals surface area contributed by atoms with Gasteiger partial charge in [-0.1, -0.05) is 13.8 Å². The SMILES string of the molecule is CCNC(=NCCCCN(CC)CC)NCCOc1ccc(OC)cc1.I. The molecule has 0 aliphatic rings. The van der Waals surface area contributed by atoms with E-state index in [4.69, 9.17) is 9.47 Å². The van der Waals surface area contributed by atoms with Crippen LogP contribution in [0.5, 0.6) is 11.5 Å². The normalized spacial score (nSPS) is 11.1. The summed E-state index contributed by atoms with van der Waals surface area (Å²) in [7, 11) is 1.66. The minimum absolute atomic E-state index is 0. The van der Waals surface area contributed by atoms with Gasteiger partial charge in [0, 0.05) is 13.1 Å². The maximum Gasteiger partial charge on any atom is 0.191 e. The maximum absolute atomic E-state index is 5.72. The van der Waals surface area contributed by atoms with E-state index in [2.05, 4.69) is 41.3 Å². The molecule has 0 atom stereocenters. The Balaban J connectivity index is 0.00000676. The quantitative estimate of drug-likeness (QED) is 0.192. The number of nitrogens with one attached hydrogen (secondary N) is 2. The highest BCUT2D eigenvalue weighted by atomic mass is 127. The van der Waals surface area contributed by atoms with Crippen LogP contribution in [0.2, 0.25) is 0 Å². The second-order valence-corrected chi connectivity index (χ2v) is 5.95. The van der Waals surface area contributed by atoms with E-state index in [1.807, 2.05) is 24.3 Å². The number of guanidine groups is 1. The van der Waals surface area contributed by atoms with E-state index in [0.717, 1.165) is 56.6 Å². The highest BCUT2D eigenvalue weighted by Crippen LogP contribution is 2.16. The Morgan fingerprint density at radius 2 is 1.67 bits per heavy atom. The topological polar surface area (TPSA) is 58.1 Å². The zero-order valence-electron chi connectivity index (χ0n) is 17.3. The number of rotatable bonds is 13. The van der Waals surface area contributed by atoms with E-state index in [0.29, 0.717) is 13.2 Å². The number of hydrogen-bond donors (Lipinski definition) is 2. The molecule has 0 amide bonds. The summed E-state index contributed by atoms with van der Waals surface area (Å²) in [6, 6.07) is 7.61. The summed E-state index contributed by atoms with van der Waals surface area (Å²) in [5.74, 6) is 2.53. The largest absolute Gasteiger partial charge is 0.497 e. The van der Waals surface area contributed by atoms with E-state index in [-0.39, 0.29) is 24.0 Å². The highest BCUT2D eigenvalue weighted by molar-refractivity contribution is 14.0. The number of methoxy groups -OCH3 is 1. The molecule has 7 heteroatoms. The van der Waals surface area contributed by atoms with Gasteiger partial charge in [0.15, 0.2) is 5.96 Å². The van der Waals surface area contributed by atoms with Gasteiger partial charge in [-0.3, -0.25) is 4.99 Å². The first-order valence-corrected chi connectivity index (χ1v) is 9.74. The molecule has 27 heavy (non-hydrogen) atoms. The zero-order chi connectivity index (χ0) is 19.0. The van der Waals surface area contributed by atoms with Crippen molar-refractivity contribution in [3.63, 3.8) is 0 Å². The average Bonchev–Trinajstić information content (AvgIpc) is 2.68. The van der Waals surface area contributed by atoms with Crippen LogP contribution in [0.3, 0.4) is 0 Å². The third-order valence-corrected chi connectivity index (χ3v) is 4.11. The van der Waals surface area contributed by atoms with Crippen molar-refractivity contribution in [2.24, 2.45) is 4.99 Å². The fourth-order valence-electron chi connectivity index (χ4n) is 2.53. The van der Waals surface area contributed by atoms with Crippen molar-refractivity contribution in [1.82, 2.24) is 15.5 Å². The van der Waals surface area contributed by atoms with Gasteiger partial charge in [0.1, 0.15) is 18.1 Å². The van der Waals surface area contributed by atoms with Crippen molar-refractivity contribution in [3.8, 4) is 11.5 Å². The molecule has 0 aliphatic carbocycles. The van der Waals surface area contributed by atoms with Gasteiger partial charge >= 0.3 is 0 Å². The predicted octanol–water partition coefficient (Wildman–Crippen LogP) is 3.37. The predicted molar refractivity (Wildman–Crippen MR) is 125 cm³/mol. The molecular formula is C20H37IN4O2. The van der Waals surface area contributed by atoms with Crippen LogP contribution >= 0.6 is 24.0 Å². The second-order valence-electron chi connectivity index (χ2n) is 5.95. The standard InChI is InChI=1S/C20H36N4O2.HI/c1-5-21-20(22-14-8-9-16-24(6-2)7-3)23-15-17-26-19-12-10-18(25-4)11-13-19;/h10-13H,5-9,14-17H2,1-4H3,(H2,21,22,23);1H. The number of nitrogens with zero attached hydrogens (tertiary/aromatic N) is 2. The second kappa shape index (κ2) is 16.9. The zero-order valence-corrected chi connectivity index (χ0v) is 19.6. The Hall–Kier alpha value is -1.22. The Morgan fingerprint density at radius 1 is 1.00 bits per heavy atom. The summed E-state index contributed by atoms with van der Waals surface area (Å²) in [6.45, 7) is 12.9. The van der Waals surface area contributed by atoms with Gasteiger partial charge in [-0.15, -0.1) is 24.0 Å². The first-order valence-electron chi connectivity index (χ1n) is 9.74. The van der Waals surface area contributed by atoms with Crippen LogP contribution in [0.15, 0.2) is 29.3 Å². The molecule has 1 aromatic carbocycles. The molecule has 0 spiro atoms. The van der Waals surface area contributed by atoms with E-state index >= 15 is 0 Å². The Bertz CT molecular complexity index is 493. The first-order chi connectivity index (χ1) is 12.7. The summed E-state index contributed by atoms with van der Waals surface area (Å²) in [5, 5.41) is 6.59. The minimum Gasteiger partial charge on any atom is -0.497 e. The lowest BCUT2D eigenvalue weighted by Crippen LogP contribution is -2.39. The number of unbranched alkanes of at least 4 members (excludes halogenated alkanes) is 1. The van der Waals surface area contributed by atoms with Crippen LogP contribution in [0.25, 0.3) is 0 Å². The molecule has 0 fully saturated rings. The van der Waals surface area contributed by atoms with Gasteiger partial charge < -0.3 is 25.0 Å². The van der Waals surface area contributed by atoms with Crippen molar-refractivity contribution in [2.75, 3.05) is 53.0 Å². The molecule has 0 saturated carbocycles. The molecular weight excluding hydrogens is 455 g/mol. The summed E-state index contributed by atoms with van der Waals surface area (Å²) in [6.07, 6.45) is 2.29. The lowest BCUT2D eigenvalue weighted by Gasteiger charge is -2.17. The van der Waals surface area contributed by atoms with Crippen LogP contribution in [0.1, 0.15) is 33.6 Å². The molecule has 0 aromatic heterocycles. The summed E-state index contributed by atoms with van der Waals surface area (Å²) in [5.41, 5.74) is 0. The molecule has 156 valence electrons. The van der Waals surface area contributed by atoms with Gasteiger partial charge in [-0.2, -0.15) is 0 Å². The van der Waals surface area contributed by atoms with Gasteiger partial charge in [0.05, 0.1) is 13.7 Å². The van der Waals surface area contributed by atoms with Gasteiger partial charge in [-0.25, -0.2) is 0 Å². The smallest absolute Gasteiger partial charge is 0.191 e. The lowest BCUT2D eigenvalue weighted by atomic mass is 10.3. The number of benzene rings is 1. The first kappa shape index (κ1) is 25.8. The average molecular weight is 492 g/mol. The Morgan fingerprint density at radius 3 is 2.26 bits per heavy atom. The molecule has 0 heterocycles. The molecule has 0 saturated heterocycles. The van der Waals surface area contributed by atoms with Crippen LogP contribution in [0, 0.1) is 0 Å². The Labute approximate surface area is 182 Å². The van der Waals surface area contributed by atoms with E-state index in [1.54, 1.807) is 7.11 Å². The van der Waals surface area contributed by atoms with Crippen molar-refractivity contribution >= 4 is 29.9 Å². The molecule has 0 bridgehead atoms. The van der Waals surface area contributed by atoms with Crippen molar-refractivity contribution in [2.45, 2.75) is 33.6 Å². The number of aliphatic imine (C=N–C) groups is 1. The van der Waals surface area contributed by atoms with Gasteiger partial charge in [0.25, 0.3) is 0 Å². The fourth-order valence-corrected chi connectivity index (χ4v) is 2.53. The number of halogens is 1. The van der Waals surface area contributed by atoms with Gasteiger partial charge in [-0.05, 0) is 63.7 Å². The van der Waals surface area contributed by atoms with Crippen molar-refractivity contribution in [3.05, 3.63) is 24.3 Å². The third-order valence-electron chi connectivity index (χ3n) is 4.11. The molecule has 1 aromatic rings. The monoisotopic (exact) mass is 492 g/mol. The fraction of sp³-hybridized carbons (Fsp3) is 0.650. The van der Waals surface area contributed by atoms with E-state index in [9.17, 15) is 0 Å². The van der Waals surface area contributed by atoms with E-state index in [1.165, 1.54) is 6.42 Å². The summed E-state index contributed by atoms with van der Waals surface area (Å²) >= 11 is 0. The summed E-state index contributed by atoms with van der Waals surface area (Å²) in [4.78, 5) is 7.08. The van der Waals surface area contributed by atoms with Crippen LogP contribution in [-0.2, 0) is 0 Å². The van der Waals surface area contributed by atoms with Crippen molar-refractivity contribution in [1.29, 1.82) is 0 Å². The molecule has 2 N–H and O–H groups in total. The Kier molecular flexibility index (Phi) is 16.2. The number of hydrogen-bond acceptors (Lipinski definition) is 4. The third kappa shape index (κ3) is 12.0. The molecule has 6 nitrogen and oxygen atoms in total.